The van der Waals surface area contributed by atoms with Crippen LogP contribution in [0, 0.1) is 6.92 Å². The van der Waals surface area contributed by atoms with E-state index in [2.05, 4.69) is 50.2 Å². The lowest BCUT2D eigenvalue weighted by Crippen LogP contribution is -2.49. The number of hydrogen-bond acceptors (Lipinski definition) is 3. The van der Waals surface area contributed by atoms with E-state index in [4.69, 9.17) is 0 Å². The number of amides is 1. The highest BCUT2D eigenvalue weighted by molar-refractivity contribution is 5.82. The van der Waals surface area contributed by atoms with E-state index < -0.39 is 0 Å². The lowest BCUT2D eigenvalue weighted by atomic mass is 10.1. The van der Waals surface area contributed by atoms with Crippen LogP contribution < -0.4 is 5.32 Å². The van der Waals surface area contributed by atoms with Crippen molar-refractivity contribution in [1.82, 2.24) is 19.8 Å². The summed E-state index contributed by atoms with van der Waals surface area (Å²) in [6, 6.07) is 10.7. The van der Waals surface area contributed by atoms with Crippen LogP contribution in [0.2, 0.25) is 0 Å². The lowest BCUT2D eigenvalue weighted by molar-refractivity contribution is -0.126. The number of aromatic nitrogens is 2. The molecule has 5 nitrogen and oxygen atoms in total. The highest BCUT2D eigenvalue weighted by atomic mass is 16.2. The number of benzene rings is 1. The summed E-state index contributed by atoms with van der Waals surface area (Å²) in [5.41, 5.74) is 2.34. The van der Waals surface area contributed by atoms with Crippen LogP contribution in [-0.4, -0.2) is 39.0 Å². The Balaban J connectivity index is 1.37. The van der Waals surface area contributed by atoms with E-state index in [9.17, 15) is 4.79 Å². The van der Waals surface area contributed by atoms with Crippen LogP contribution in [-0.2, 0) is 24.3 Å². The lowest BCUT2D eigenvalue weighted by Gasteiger charge is -2.29. The van der Waals surface area contributed by atoms with Gasteiger partial charge in [-0.25, -0.2) is 4.98 Å². The van der Waals surface area contributed by atoms with E-state index in [-0.39, 0.29) is 18.0 Å². The fraction of sp³-hybridized carbons (Fsp3) is 0.500. The van der Waals surface area contributed by atoms with Crippen LogP contribution in [0.25, 0.3) is 0 Å². The number of nitrogens with one attached hydrogen (secondary N) is 1. The fourth-order valence-electron chi connectivity index (χ4n) is 4.13. The zero-order valence-corrected chi connectivity index (χ0v) is 14.8. The number of carbonyl (C=O) groups is 1. The number of imidazole rings is 1. The highest BCUT2D eigenvalue weighted by Gasteiger charge is 2.32. The Morgan fingerprint density at radius 2 is 2.12 bits per heavy atom. The average molecular weight is 338 g/mol. The fourth-order valence-corrected chi connectivity index (χ4v) is 4.13. The minimum atomic E-state index is 0.00567. The van der Waals surface area contributed by atoms with Crippen molar-refractivity contribution in [3.05, 3.63) is 53.6 Å². The molecule has 2 aromatic rings. The van der Waals surface area contributed by atoms with Crippen LogP contribution in [0.4, 0.5) is 0 Å². The van der Waals surface area contributed by atoms with Gasteiger partial charge in [0, 0.05) is 31.7 Å². The predicted molar refractivity (Wildman–Crippen MR) is 97.1 cm³/mol. The maximum Gasteiger partial charge on any atom is 0.237 e. The van der Waals surface area contributed by atoms with Crippen LogP contribution in [0.3, 0.4) is 0 Å². The van der Waals surface area contributed by atoms with Gasteiger partial charge in [-0.15, -0.1) is 0 Å². The van der Waals surface area contributed by atoms with Crippen molar-refractivity contribution in [1.29, 1.82) is 0 Å². The molecule has 1 amide bonds. The van der Waals surface area contributed by atoms with Crippen LogP contribution in [0.1, 0.15) is 36.3 Å². The second kappa shape index (κ2) is 7.00. The van der Waals surface area contributed by atoms with Crippen LogP contribution >= 0.6 is 0 Å². The summed E-state index contributed by atoms with van der Waals surface area (Å²) in [7, 11) is 0. The largest absolute Gasteiger partial charge is 0.350 e. The van der Waals surface area contributed by atoms with Gasteiger partial charge in [-0.1, -0.05) is 30.3 Å². The van der Waals surface area contributed by atoms with E-state index in [1.54, 1.807) is 0 Å². The van der Waals surface area contributed by atoms with Crippen molar-refractivity contribution >= 4 is 5.91 Å². The summed E-state index contributed by atoms with van der Waals surface area (Å²) < 4.78 is 2.19. The Kier molecular flexibility index (Phi) is 4.57. The van der Waals surface area contributed by atoms with Gasteiger partial charge >= 0.3 is 0 Å². The first-order chi connectivity index (χ1) is 12.2. The zero-order valence-electron chi connectivity index (χ0n) is 14.8. The van der Waals surface area contributed by atoms with Crippen LogP contribution in [0.15, 0.2) is 36.5 Å². The smallest absolute Gasteiger partial charge is 0.237 e. The normalized spacial score (nSPS) is 23.4. The van der Waals surface area contributed by atoms with Gasteiger partial charge in [0.15, 0.2) is 0 Å². The van der Waals surface area contributed by atoms with Crippen molar-refractivity contribution in [3.63, 3.8) is 0 Å². The summed E-state index contributed by atoms with van der Waals surface area (Å²) in [4.78, 5) is 19.7. The van der Waals surface area contributed by atoms with Gasteiger partial charge in [0.2, 0.25) is 5.91 Å². The number of hydrogen-bond donors (Lipinski definition) is 1. The summed E-state index contributed by atoms with van der Waals surface area (Å²) in [6.45, 7) is 4.73. The van der Waals surface area contributed by atoms with Crippen molar-refractivity contribution in [2.75, 3.05) is 6.54 Å². The van der Waals surface area contributed by atoms with Gasteiger partial charge in [-0.05, 0) is 38.3 Å². The maximum atomic E-state index is 12.9. The molecule has 0 saturated carbocycles. The van der Waals surface area contributed by atoms with Gasteiger partial charge in [0.25, 0.3) is 0 Å². The van der Waals surface area contributed by atoms with E-state index in [1.807, 2.05) is 13.0 Å². The van der Waals surface area contributed by atoms with Gasteiger partial charge in [0.05, 0.1) is 11.7 Å². The first-order valence-electron chi connectivity index (χ1n) is 9.30. The Hall–Kier alpha value is -2.14. The molecule has 4 rings (SSSR count). The minimum absolute atomic E-state index is 0.00567. The van der Waals surface area contributed by atoms with E-state index in [0.29, 0.717) is 0 Å². The third kappa shape index (κ3) is 3.61. The molecule has 5 heteroatoms. The van der Waals surface area contributed by atoms with E-state index >= 15 is 0 Å². The summed E-state index contributed by atoms with van der Waals surface area (Å²) in [5.74, 6) is 1.34. The summed E-state index contributed by atoms with van der Waals surface area (Å²) in [6.07, 6.45) is 6.07. The first kappa shape index (κ1) is 16.3. The molecule has 1 aromatic carbocycles. The average Bonchev–Trinajstić information content (AvgIpc) is 3.21. The van der Waals surface area contributed by atoms with Crippen molar-refractivity contribution in [2.24, 2.45) is 0 Å². The Labute approximate surface area is 149 Å². The van der Waals surface area contributed by atoms with Crippen molar-refractivity contribution in [3.8, 4) is 0 Å². The maximum absolute atomic E-state index is 12.9. The Morgan fingerprint density at radius 3 is 2.96 bits per heavy atom. The Bertz CT molecular complexity index is 739. The first-order valence-corrected chi connectivity index (χ1v) is 9.30. The molecule has 132 valence electrons. The van der Waals surface area contributed by atoms with E-state index in [1.165, 1.54) is 5.56 Å². The minimum Gasteiger partial charge on any atom is -0.350 e. The summed E-state index contributed by atoms with van der Waals surface area (Å²) >= 11 is 0. The molecule has 0 bridgehead atoms. The SMILES string of the molecule is Cc1cn2c(n1)CC[C@@H](NC(=O)[C@H]1CCCN1Cc1ccccc1)C2. The molecular formula is C20H26N4O. The van der Waals surface area contributed by atoms with Gasteiger partial charge in [-0.2, -0.15) is 0 Å². The molecule has 2 aliphatic heterocycles. The molecule has 0 spiro atoms. The molecule has 25 heavy (non-hydrogen) atoms. The second-order valence-electron chi connectivity index (χ2n) is 7.31. The number of fused-ring (bicyclic) bond motifs is 1. The molecule has 2 aliphatic rings. The molecule has 0 radical (unpaired) electrons. The van der Waals surface area contributed by atoms with Crippen molar-refractivity contribution in [2.45, 2.75) is 57.8 Å². The standard InChI is InChI=1S/C20H26N4O/c1-15-12-24-14-17(9-10-19(24)21-15)22-20(25)18-8-5-11-23(18)13-16-6-3-2-4-7-16/h2-4,6-7,12,17-18H,5,8-11,13-14H2,1H3,(H,22,25)/t17-,18-/m1/s1. The second-order valence-corrected chi connectivity index (χ2v) is 7.31. The number of carbonyl (C=O) groups excluding carboxylic acids is 1. The molecular weight excluding hydrogens is 312 g/mol. The zero-order chi connectivity index (χ0) is 17.2. The topological polar surface area (TPSA) is 50.2 Å². The van der Waals surface area contributed by atoms with Gasteiger partial charge < -0.3 is 9.88 Å². The van der Waals surface area contributed by atoms with Gasteiger partial charge in [-0.3, -0.25) is 9.69 Å². The molecule has 0 aliphatic carbocycles. The van der Waals surface area contributed by atoms with E-state index in [0.717, 1.165) is 56.8 Å². The molecule has 1 saturated heterocycles. The number of aryl methyl sites for hydroxylation is 2. The predicted octanol–water partition coefficient (Wildman–Crippen LogP) is 2.29. The quantitative estimate of drug-likeness (QED) is 0.930. The third-order valence-electron chi connectivity index (χ3n) is 5.35. The molecule has 1 N–H and O–H groups in total. The monoisotopic (exact) mass is 338 g/mol. The molecule has 0 unspecified atom stereocenters. The number of rotatable bonds is 4. The van der Waals surface area contributed by atoms with Crippen LogP contribution in [0.5, 0.6) is 0 Å². The number of nitrogens with zero attached hydrogens (tertiary/aromatic N) is 3. The molecule has 1 fully saturated rings. The molecule has 3 heterocycles. The highest BCUT2D eigenvalue weighted by Crippen LogP contribution is 2.21. The summed E-state index contributed by atoms with van der Waals surface area (Å²) in [5, 5.41) is 3.30. The third-order valence-corrected chi connectivity index (χ3v) is 5.35. The number of likely N-dealkylation sites (tertiary alicyclic amines) is 1. The molecule has 1 aromatic heterocycles. The Morgan fingerprint density at radius 1 is 1.28 bits per heavy atom. The van der Waals surface area contributed by atoms with Gasteiger partial charge in [0.1, 0.15) is 5.82 Å². The van der Waals surface area contributed by atoms with Crippen molar-refractivity contribution < 1.29 is 4.79 Å². The molecule has 2 atom stereocenters.